The van der Waals surface area contributed by atoms with Gasteiger partial charge in [0, 0.05) is 53.9 Å². The Labute approximate surface area is 226 Å². The van der Waals surface area contributed by atoms with Crippen molar-refractivity contribution >= 4 is 72.3 Å². The van der Waals surface area contributed by atoms with Crippen LogP contribution in [0.2, 0.25) is 10.0 Å². The number of nitrogens with zero attached hydrogens (tertiary/aromatic N) is 2. The van der Waals surface area contributed by atoms with Gasteiger partial charge in [-0.25, -0.2) is 0 Å². The molecule has 1 fully saturated rings. The molecule has 0 spiro atoms. The van der Waals surface area contributed by atoms with E-state index >= 15 is 0 Å². The highest BCUT2D eigenvalue weighted by Gasteiger charge is 2.21. The summed E-state index contributed by atoms with van der Waals surface area (Å²) < 4.78 is 7.71. The van der Waals surface area contributed by atoms with Crippen LogP contribution in [0.3, 0.4) is 0 Å². The van der Waals surface area contributed by atoms with Crippen molar-refractivity contribution in [3.63, 3.8) is 0 Å². The van der Waals surface area contributed by atoms with E-state index in [1.54, 1.807) is 12.1 Å². The molecule has 0 bridgehead atoms. The molecule has 0 N–H and O–H groups in total. The molecule has 8 heteroatoms. The zero-order valence-electron chi connectivity index (χ0n) is 17.7. The first-order chi connectivity index (χ1) is 15.9. The van der Waals surface area contributed by atoms with E-state index in [1.807, 2.05) is 18.2 Å². The van der Waals surface area contributed by atoms with Crippen molar-refractivity contribution in [2.45, 2.75) is 13.2 Å². The van der Waals surface area contributed by atoms with Gasteiger partial charge < -0.3 is 9.64 Å². The standard InChI is InChI=1S/C25H22Br2Cl2N2OS/c26-21-12-19(13-22(27)24(21)32-16-18-6-7-20(28)14-23(18)29)25(33)31-10-8-30(9-11-31)15-17-4-2-1-3-5-17/h1-7,12-14H,8-11,15-16H2. The number of hydrogen-bond donors (Lipinski definition) is 0. The molecule has 0 atom stereocenters. The second kappa shape index (κ2) is 11.5. The molecule has 33 heavy (non-hydrogen) atoms. The van der Waals surface area contributed by atoms with Crippen LogP contribution in [0.4, 0.5) is 0 Å². The first-order valence-corrected chi connectivity index (χ1v) is 13.3. The first kappa shape index (κ1) is 25.0. The summed E-state index contributed by atoms with van der Waals surface area (Å²) in [4.78, 5) is 5.60. The number of thiocarbonyl (C=S) groups is 1. The summed E-state index contributed by atoms with van der Waals surface area (Å²) in [7, 11) is 0. The molecule has 1 heterocycles. The van der Waals surface area contributed by atoms with Crippen molar-refractivity contribution in [2.75, 3.05) is 26.2 Å². The Morgan fingerprint density at radius 2 is 1.58 bits per heavy atom. The van der Waals surface area contributed by atoms with E-state index < -0.39 is 0 Å². The Morgan fingerprint density at radius 1 is 0.909 bits per heavy atom. The lowest BCUT2D eigenvalue weighted by atomic mass is 10.1. The highest BCUT2D eigenvalue weighted by Crippen LogP contribution is 2.36. The Bertz CT molecular complexity index is 1120. The van der Waals surface area contributed by atoms with Gasteiger partial charge in [0.25, 0.3) is 0 Å². The Balaban J connectivity index is 1.37. The minimum absolute atomic E-state index is 0.334. The second-order valence-corrected chi connectivity index (χ2v) is 10.8. The minimum Gasteiger partial charge on any atom is -0.486 e. The summed E-state index contributed by atoms with van der Waals surface area (Å²) in [5.41, 5.74) is 3.20. The highest BCUT2D eigenvalue weighted by atomic mass is 79.9. The third-order valence-corrected chi connectivity index (χ3v) is 7.80. The Hall–Kier alpha value is -1.15. The van der Waals surface area contributed by atoms with E-state index in [-0.39, 0.29) is 0 Å². The molecule has 172 valence electrons. The Morgan fingerprint density at radius 3 is 2.21 bits per heavy atom. The molecule has 0 aliphatic carbocycles. The van der Waals surface area contributed by atoms with Crippen LogP contribution in [0.25, 0.3) is 0 Å². The van der Waals surface area contributed by atoms with Gasteiger partial charge in [0.15, 0.2) is 0 Å². The van der Waals surface area contributed by atoms with Crippen LogP contribution in [-0.2, 0) is 13.2 Å². The average Bonchev–Trinajstić information content (AvgIpc) is 2.80. The van der Waals surface area contributed by atoms with Crippen molar-refractivity contribution in [3.05, 3.63) is 96.3 Å². The predicted molar refractivity (Wildman–Crippen MR) is 148 cm³/mol. The molecular weight excluding hydrogens is 607 g/mol. The summed E-state index contributed by atoms with van der Waals surface area (Å²) in [5, 5.41) is 1.18. The lowest BCUT2D eigenvalue weighted by Gasteiger charge is -2.36. The first-order valence-electron chi connectivity index (χ1n) is 10.5. The normalized spacial score (nSPS) is 14.4. The largest absolute Gasteiger partial charge is 0.486 e. The van der Waals surface area contributed by atoms with E-state index in [1.165, 1.54) is 5.56 Å². The quantitative estimate of drug-likeness (QED) is 0.261. The van der Waals surface area contributed by atoms with Crippen LogP contribution < -0.4 is 4.74 Å². The van der Waals surface area contributed by atoms with Crippen LogP contribution in [0.1, 0.15) is 16.7 Å². The van der Waals surface area contributed by atoms with Gasteiger partial charge in [-0.05, 0) is 61.7 Å². The fourth-order valence-corrected chi connectivity index (χ4v) is 5.92. The van der Waals surface area contributed by atoms with Crippen molar-refractivity contribution in [1.82, 2.24) is 9.80 Å². The van der Waals surface area contributed by atoms with Gasteiger partial charge in [-0.15, -0.1) is 0 Å². The highest BCUT2D eigenvalue weighted by molar-refractivity contribution is 9.11. The SMILES string of the molecule is S=C(c1cc(Br)c(OCc2ccc(Cl)cc2Cl)c(Br)c1)N1CCN(Cc2ccccc2)CC1. The second-order valence-electron chi connectivity index (χ2n) is 7.85. The van der Waals surface area contributed by atoms with Crippen molar-refractivity contribution < 1.29 is 4.74 Å². The molecule has 0 amide bonds. The third kappa shape index (κ3) is 6.50. The van der Waals surface area contributed by atoms with Gasteiger partial charge in [0.05, 0.1) is 8.95 Å². The van der Waals surface area contributed by atoms with Gasteiger partial charge in [-0.3, -0.25) is 4.90 Å². The molecule has 3 nitrogen and oxygen atoms in total. The average molecular weight is 629 g/mol. The maximum Gasteiger partial charge on any atom is 0.148 e. The van der Waals surface area contributed by atoms with E-state index in [4.69, 9.17) is 40.2 Å². The van der Waals surface area contributed by atoms with Crippen LogP contribution >= 0.6 is 67.3 Å². The molecule has 1 saturated heterocycles. The fraction of sp³-hybridized carbons (Fsp3) is 0.240. The summed E-state index contributed by atoms with van der Waals surface area (Å²) in [6.45, 7) is 5.10. The van der Waals surface area contributed by atoms with E-state index in [0.717, 1.165) is 57.8 Å². The number of piperazine rings is 1. The molecule has 0 aromatic heterocycles. The molecule has 1 aliphatic rings. The van der Waals surface area contributed by atoms with E-state index in [2.05, 4.69) is 72.0 Å². The summed E-state index contributed by atoms with van der Waals surface area (Å²) >= 11 is 25.4. The monoisotopic (exact) mass is 626 g/mol. The zero-order valence-corrected chi connectivity index (χ0v) is 23.2. The van der Waals surface area contributed by atoms with E-state index in [9.17, 15) is 0 Å². The molecule has 3 aromatic carbocycles. The lowest BCUT2D eigenvalue weighted by molar-refractivity contribution is 0.177. The maximum absolute atomic E-state index is 6.27. The van der Waals surface area contributed by atoms with E-state index in [0.29, 0.717) is 22.4 Å². The number of hydrogen-bond acceptors (Lipinski definition) is 3. The zero-order chi connectivity index (χ0) is 23.4. The molecule has 0 radical (unpaired) electrons. The van der Waals surface area contributed by atoms with Crippen LogP contribution in [0.15, 0.2) is 69.6 Å². The lowest BCUT2D eigenvalue weighted by Crippen LogP contribution is -2.48. The smallest absolute Gasteiger partial charge is 0.148 e. The fourth-order valence-electron chi connectivity index (χ4n) is 3.74. The van der Waals surface area contributed by atoms with Crippen LogP contribution in [-0.4, -0.2) is 41.0 Å². The maximum atomic E-state index is 6.27. The Kier molecular flexibility index (Phi) is 8.71. The third-order valence-electron chi connectivity index (χ3n) is 5.54. The van der Waals surface area contributed by atoms with Crippen LogP contribution in [0.5, 0.6) is 5.75 Å². The van der Waals surface area contributed by atoms with Gasteiger partial charge in [0.2, 0.25) is 0 Å². The molecule has 1 aliphatic heterocycles. The van der Waals surface area contributed by atoms with Gasteiger partial charge in [-0.2, -0.15) is 0 Å². The van der Waals surface area contributed by atoms with Gasteiger partial charge >= 0.3 is 0 Å². The number of rotatable bonds is 6. The summed E-state index contributed by atoms with van der Waals surface area (Å²) in [6, 6.07) is 20.0. The summed E-state index contributed by atoms with van der Waals surface area (Å²) in [6.07, 6.45) is 0. The van der Waals surface area contributed by atoms with Gasteiger partial charge in [-0.1, -0.05) is 71.8 Å². The van der Waals surface area contributed by atoms with Crippen molar-refractivity contribution in [3.8, 4) is 5.75 Å². The molecule has 4 rings (SSSR count). The molecule has 0 saturated carbocycles. The van der Waals surface area contributed by atoms with Gasteiger partial charge in [0.1, 0.15) is 17.3 Å². The molecular formula is C25H22Br2Cl2N2OS. The molecule has 3 aromatic rings. The van der Waals surface area contributed by atoms with Crippen molar-refractivity contribution in [2.24, 2.45) is 0 Å². The number of benzene rings is 3. The number of ether oxygens (including phenoxy) is 1. The topological polar surface area (TPSA) is 15.7 Å². The minimum atomic E-state index is 0.334. The molecule has 0 unspecified atom stereocenters. The van der Waals surface area contributed by atoms with Crippen molar-refractivity contribution in [1.29, 1.82) is 0 Å². The summed E-state index contributed by atoms with van der Waals surface area (Å²) in [5.74, 6) is 0.709. The number of halogens is 4. The predicted octanol–water partition coefficient (Wildman–Crippen LogP) is 7.59. The van der Waals surface area contributed by atoms with Crippen LogP contribution in [0, 0.1) is 0 Å².